The van der Waals surface area contributed by atoms with Gasteiger partial charge < -0.3 is 5.11 Å². The standard InChI is InChI=1S/C29H35BO2.K.H/c1-15-11-17(3)26(18(4)12-15)30(27-19(5)13-16(2)14-20(27)6)28-23(9)21(7)25(29(31)32)22(8)24(28)10;;/h11-14H,1-10H3,(H,31,32);;. The Morgan fingerprint density at radius 3 is 1.15 bits per heavy atom. The third-order valence-corrected chi connectivity index (χ3v) is 7.24. The van der Waals surface area contributed by atoms with E-state index in [9.17, 15) is 9.90 Å². The Morgan fingerprint density at radius 1 is 0.576 bits per heavy atom. The molecule has 3 rings (SSSR count). The number of carboxylic acid groups (broad SMARTS) is 1. The van der Waals surface area contributed by atoms with Gasteiger partial charge in [0.25, 0.3) is 0 Å². The third-order valence-electron chi connectivity index (χ3n) is 7.24. The van der Waals surface area contributed by atoms with Crippen LogP contribution in [0, 0.1) is 69.2 Å². The number of aromatic carboxylic acids is 1. The Hall–Kier alpha value is -1.17. The van der Waals surface area contributed by atoms with Crippen molar-refractivity contribution in [3.8, 4) is 0 Å². The molecule has 0 aliphatic heterocycles. The predicted molar refractivity (Wildman–Crippen MR) is 145 cm³/mol. The molecule has 0 aromatic heterocycles. The van der Waals surface area contributed by atoms with Crippen LogP contribution >= 0.6 is 0 Å². The first-order chi connectivity index (χ1) is 14.9. The molecule has 4 heteroatoms. The van der Waals surface area contributed by atoms with E-state index < -0.39 is 5.97 Å². The average Bonchev–Trinajstić information content (AvgIpc) is 2.64. The van der Waals surface area contributed by atoms with Crippen LogP contribution in [0.2, 0.25) is 0 Å². The van der Waals surface area contributed by atoms with Crippen LogP contribution in [0.1, 0.15) is 66.0 Å². The zero-order chi connectivity index (χ0) is 24.1. The van der Waals surface area contributed by atoms with Gasteiger partial charge in [0.15, 0.2) is 0 Å². The van der Waals surface area contributed by atoms with E-state index in [4.69, 9.17) is 0 Å². The van der Waals surface area contributed by atoms with Crippen LogP contribution < -0.4 is 16.4 Å². The van der Waals surface area contributed by atoms with Crippen molar-refractivity contribution in [2.45, 2.75) is 69.2 Å². The van der Waals surface area contributed by atoms with Crippen molar-refractivity contribution >= 4 is 80.5 Å². The molecule has 0 saturated carbocycles. The second kappa shape index (κ2) is 10.6. The Balaban J connectivity index is 0.00000385. The summed E-state index contributed by atoms with van der Waals surface area (Å²) in [6, 6.07) is 9.07. The summed E-state index contributed by atoms with van der Waals surface area (Å²) in [6.07, 6.45) is 0. The number of carbonyl (C=O) groups is 1. The van der Waals surface area contributed by atoms with Gasteiger partial charge in [0.2, 0.25) is 6.71 Å². The molecule has 168 valence electrons. The number of hydrogen-bond acceptors (Lipinski definition) is 1. The quantitative estimate of drug-likeness (QED) is 0.581. The molecule has 0 heterocycles. The molecule has 0 saturated heterocycles. The molecule has 0 amide bonds. The fraction of sp³-hybridized carbons (Fsp3) is 0.345. The van der Waals surface area contributed by atoms with E-state index in [1.165, 1.54) is 49.8 Å². The van der Waals surface area contributed by atoms with Gasteiger partial charge >= 0.3 is 57.4 Å². The van der Waals surface area contributed by atoms with Gasteiger partial charge in [-0.3, -0.25) is 0 Å². The van der Waals surface area contributed by atoms with E-state index >= 15 is 0 Å². The number of hydrogen-bond donors (Lipinski definition) is 1. The summed E-state index contributed by atoms with van der Waals surface area (Å²) in [5, 5.41) is 9.90. The first kappa shape index (κ1) is 28.1. The topological polar surface area (TPSA) is 37.3 Å². The minimum atomic E-state index is -0.848. The van der Waals surface area contributed by atoms with Crippen molar-refractivity contribution in [3.05, 3.63) is 85.5 Å². The number of rotatable bonds is 4. The maximum absolute atomic E-state index is 12.1. The SMILES string of the molecule is Cc1cc(C)c(B(c2c(C)cc(C)cc2C)c2c(C)c(C)c(C(=O)O)c(C)c2C)c(C)c1.[KH]. The van der Waals surface area contributed by atoms with Crippen LogP contribution in [0.4, 0.5) is 0 Å². The van der Waals surface area contributed by atoms with E-state index in [1.807, 2.05) is 13.8 Å². The van der Waals surface area contributed by atoms with Crippen molar-refractivity contribution in [2.75, 3.05) is 0 Å². The molecule has 0 fully saturated rings. The molecule has 1 N–H and O–H groups in total. The van der Waals surface area contributed by atoms with E-state index in [1.54, 1.807) is 0 Å². The summed E-state index contributed by atoms with van der Waals surface area (Å²) >= 11 is 0. The van der Waals surface area contributed by atoms with Crippen LogP contribution in [0.5, 0.6) is 0 Å². The van der Waals surface area contributed by atoms with Crippen molar-refractivity contribution in [2.24, 2.45) is 0 Å². The van der Waals surface area contributed by atoms with Crippen LogP contribution in [-0.2, 0) is 0 Å². The molecular formula is C29H36BKO2. The second-order valence-corrected chi connectivity index (χ2v) is 9.65. The fourth-order valence-corrected chi connectivity index (χ4v) is 5.82. The van der Waals surface area contributed by atoms with Crippen molar-refractivity contribution in [1.29, 1.82) is 0 Å². The molecule has 0 aliphatic rings. The molecule has 0 aliphatic carbocycles. The number of aryl methyl sites for hydroxylation is 6. The maximum atomic E-state index is 12.1. The molecule has 0 unspecified atom stereocenters. The summed E-state index contributed by atoms with van der Waals surface area (Å²) in [4.78, 5) is 12.1. The molecular weight excluding hydrogens is 430 g/mol. The third kappa shape index (κ3) is 5.11. The zero-order valence-corrected chi connectivity index (χ0v) is 21.2. The van der Waals surface area contributed by atoms with Gasteiger partial charge in [0, 0.05) is 0 Å². The molecule has 0 spiro atoms. The molecule has 3 aromatic rings. The van der Waals surface area contributed by atoms with Crippen molar-refractivity contribution in [1.82, 2.24) is 0 Å². The van der Waals surface area contributed by atoms with Gasteiger partial charge in [-0.2, -0.15) is 0 Å². The van der Waals surface area contributed by atoms with E-state index in [0.29, 0.717) is 5.56 Å². The zero-order valence-electron chi connectivity index (χ0n) is 21.2. The van der Waals surface area contributed by atoms with Crippen LogP contribution in [0.3, 0.4) is 0 Å². The van der Waals surface area contributed by atoms with Gasteiger partial charge in [-0.1, -0.05) is 85.2 Å². The fourth-order valence-electron chi connectivity index (χ4n) is 5.82. The van der Waals surface area contributed by atoms with Gasteiger partial charge in [0.1, 0.15) is 0 Å². The molecule has 0 bridgehead atoms. The Bertz CT molecular complexity index is 1120. The van der Waals surface area contributed by atoms with Crippen LogP contribution in [-0.4, -0.2) is 69.2 Å². The van der Waals surface area contributed by atoms with Crippen LogP contribution in [0.25, 0.3) is 0 Å². The van der Waals surface area contributed by atoms with E-state index in [2.05, 4.69) is 79.7 Å². The first-order valence-corrected chi connectivity index (χ1v) is 11.4. The second-order valence-electron chi connectivity index (χ2n) is 9.65. The van der Waals surface area contributed by atoms with Gasteiger partial charge in [-0.05, 0) is 80.4 Å². The van der Waals surface area contributed by atoms with E-state index in [0.717, 1.165) is 22.3 Å². The van der Waals surface area contributed by atoms with E-state index in [-0.39, 0.29) is 58.1 Å². The normalized spacial score (nSPS) is 10.7. The van der Waals surface area contributed by atoms with Gasteiger partial charge in [-0.15, -0.1) is 0 Å². The first-order valence-electron chi connectivity index (χ1n) is 11.4. The summed E-state index contributed by atoms with van der Waals surface area (Å²) < 4.78 is 0. The minimum absolute atomic E-state index is 0. The van der Waals surface area contributed by atoms with Crippen molar-refractivity contribution < 1.29 is 9.90 Å². The monoisotopic (exact) mass is 466 g/mol. The van der Waals surface area contributed by atoms with Gasteiger partial charge in [0.05, 0.1) is 5.56 Å². The Kier molecular flexibility index (Phi) is 9.03. The molecule has 2 nitrogen and oxygen atoms in total. The number of benzene rings is 3. The summed E-state index contributed by atoms with van der Waals surface area (Å²) in [5.74, 6) is -0.848. The summed E-state index contributed by atoms with van der Waals surface area (Å²) in [7, 11) is 0. The average molecular weight is 467 g/mol. The summed E-state index contributed by atoms with van der Waals surface area (Å²) in [6.45, 7) is 21.3. The number of carboxylic acids is 1. The molecule has 3 aromatic carbocycles. The van der Waals surface area contributed by atoms with Crippen LogP contribution in [0.15, 0.2) is 24.3 Å². The molecule has 0 atom stereocenters. The summed E-state index contributed by atoms with van der Waals surface area (Å²) in [5.41, 5.74) is 15.9. The van der Waals surface area contributed by atoms with Gasteiger partial charge in [-0.25, -0.2) is 4.79 Å². The Labute approximate surface area is 242 Å². The molecule has 0 radical (unpaired) electrons. The van der Waals surface area contributed by atoms with Crippen molar-refractivity contribution in [3.63, 3.8) is 0 Å². The molecule has 33 heavy (non-hydrogen) atoms. The predicted octanol–water partition coefficient (Wildman–Crippen LogP) is 4.34. The Morgan fingerprint density at radius 2 is 0.879 bits per heavy atom.